The number of nitrogens with zero attached hydrogens (tertiary/aromatic N) is 3. The summed E-state index contributed by atoms with van der Waals surface area (Å²) >= 11 is 0. The molecular formula is C18H20N4O2. The highest BCUT2D eigenvalue weighted by Crippen LogP contribution is 2.21. The molecule has 6 nitrogen and oxygen atoms in total. The largest absolute Gasteiger partial charge is 0.441 e. The number of carbonyl (C=O) groups is 1. The molecule has 0 aliphatic carbocycles. The molecule has 0 unspecified atom stereocenters. The van der Waals surface area contributed by atoms with Gasteiger partial charge < -0.3 is 9.73 Å². The first kappa shape index (κ1) is 16.0. The summed E-state index contributed by atoms with van der Waals surface area (Å²) < 4.78 is 7.48. The molecule has 0 saturated carbocycles. The lowest BCUT2D eigenvalue weighted by Gasteiger charge is -2.13. The van der Waals surface area contributed by atoms with Crippen molar-refractivity contribution in [1.82, 2.24) is 20.1 Å². The lowest BCUT2D eigenvalue weighted by atomic mass is 10.2. The van der Waals surface area contributed by atoms with E-state index in [-0.39, 0.29) is 18.4 Å². The number of hydrogen-bond donors (Lipinski definition) is 1. The van der Waals surface area contributed by atoms with Gasteiger partial charge in [0, 0.05) is 24.0 Å². The minimum atomic E-state index is -0.0781. The van der Waals surface area contributed by atoms with E-state index in [1.54, 1.807) is 10.9 Å². The molecule has 0 spiro atoms. The molecule has 0 bridgehead atoms. The second kappa shape index (κ2) is 7.12. The summed E-state index contributed by atoms with van der Waals surface area (Å²) in [5.41, 5.74) is 1.57. The normalized spacial score (nSPS) is 12.1. The van der Waals surface area contributed by atoms with E-state index in [4.69, 9.17) is 4.42 Å². The van der Waals surface area contributed by atoms with Crippen molar-refractivity contribution in [2.75, 3.05) is 0 Å². The van der Waals surface area contributed by atoms with Crippen molar-refractivity contribution in [3.63, 3.8) is 0 Å². The third kappa shape index (κ3) is 3.90. The smallest absolute Gasteiger partial charge is 0.226 e. The first-order valence-electron chi connectivity index (χ1n) is 7.90. The predicted octanol–water partition coefficient (Wildman–Crippen LogP) is 2.59. The zero-order chi connectivity index (χ0) is 16.9. The molecule has 2 heterocycles. The van der Waals surface area contributed by atoms with Gasteiger partial charge in [-0.25, -0.2) is 4.98 Å². The first-order chi connectivity index (χ1) is 11.6. The highest BCUT2D eigenvalue weighted by Gasteiger charge is 2.16. The second-order valence-electron chi connectivity index (χ2n) is 5.76. The minimum Gasteiger partial charge on any atom is -0.441 e. The summed E-state index contributed by atoms with van der Waals surface area (Å²) in [6.45, 7) is 4.41. The Morgan fingerprint density at radius 3 is 2.79 bits per heavy atom. The number of amides is 1. The van der Waals surface area contributed by atoms with Crippen LogP contribution in [0.5, 0.6) is 0 Å². The highest BCUT2D eigenvalue weighted by atomic mass is 16.4. The van der Waals surface area contributed by atoms with Crippen molar-refractivity contribution in [3.05, 3.63) is 60.2 Å². The van der Waals surface area contributed by atoms with Gasteiger partial charge in [0.25, 0.3) is 0 Å². The molecule has 3 aromatic rings. The SMILES string of the molecule is Cc1oc(-c2ccccc2)nc1CC(=O)N[C@@H](C)Cn1cccn1. The van der Waals surface area contributed by atoms with Crippen molar-refractivity contribution < 1.29 is 9.21 Å². The van der Waals surface area contributed by atoms with E-state index in [1.165, 1.54) is 0 Å². The fourth-order valence-electron chi connectivity index (χ4n) is 2.51. The van der Waals surface area contributed by atoms with Gasteiger partial charge in [-0.3, -0.25) is 9.48 Å². The number of aryl methyl sites for hydroxylation is 1. The summed E-state index contributed by atoms with van der Waals surface area (Å²) in [5.74, 6) is 1.13. The van der Waals surface area contributed by atoms with Gasteiger partial charge in [0.2, 0.25) is 11.8 Å². The van der Waals surface area contributed by atoms with Crippen LogP contribution < -0.4 is 5.32 Å². The van der Waals surface area contributed by atoms with Gasteiger partial charge in [-0.1, -0.05) is 18.2 Å². The van der Waals surface area contributed by atoms with Crippen LogP contribution in [0, 0.1) is 6.92 Å². The zero-order valence-electron chi connectivity index (χ0n) is 13.8. The molecule has 2 aromatic heterocycles. The van der Waals surface area contributed by atoms with Crippen molar-refractivity contribution in [2.45, 2.75) is 32.9 Å². The number of carbonyl (C=O) groups excluding carboxylic acids is 1. The summed E-state index contributed by atoms with van der Waals surface area (Å²) in [7, 11) is 0. The third-order valence-corrected chi connectivity index (χ3v) is 3.67. The van der Waals surface area contributed by atoms with Gasteiger partial charge >= 0.3 is 0 Å². The van der Waals surface area contributed by atoms with E-state index in [2.05, 4.69) is 15.4 Å². The van der Waals surface area contributed by atoms with Gasteiger partial charge in [-0.15, -0.1) is 0 Å². The molecule has 124 valence electrons. The lowest BCUT2D eigenvalue weighted by Crippen LogP contribution is -2.36. The van der Waals surface area contributed by atoms with Crippen LogP contribution in [0.25, 0.3) is 11.5 Å². The van der Waals surface area contributed by atoms with Crippen LogP contribution in [0.1, 0.15) is 18.4 Å². The topological polar surface area (TPSA) is 73.0 Å². The quantitative estimate of drug-likeness (QED) is 0.756. The van der Waals surface area contributed by atoms with E-state index in [0.717, 1.165) is 5.56 Å². The van der Waals surface area contributed by atoms with Crippen LogP contribution >= 0.6 is 0 Å². The molecule has 1 aromatic carbocycles. The van der Waals surface area contributed by atoms with Crippen LogP contribution in [0.2, 0.25) is 0 Å². The Morgan fingerprint density at radius 1 is 1.29 bits per heavy atom. The van der Waals surface area contributed by atoms with Gasteiger partial charge in [0.05, 0.1) is 18.7 Å². The molecular weight excluding hydrogens is 304 g/mol. The second-order valence-corrected chi connectivity index (χ2v) is 5.76. The van der Waals surface area contributed by atoms with Crippen LogP contribution in [-0.2, 0) is 17.8 Å². The van der Waals surface area contributed by atoms with E-state index < -0.39 is 0 Å². The third-order valence-electron chi connectivity index (χ3n) is 3.67. The number of benzene rings is 1. The lowest BCUT2D eigenvalue weighted by molar-refractivity contribution is -0.121. The molecule has 1 atom stereocenters. The van der Waals surface area contributed by atoms with Crippen LogP contribution in [-0.4, -0.2) is 26.7 Å². The molecule has 0 fully saturated rings. The number of aromatic nitrogens is 3. The monoisotopic (exact) mass is 324 g/mol. The Morgan fingerprint density at radius 2 is 2.08 bits per heavy atom. The van der Waals surface area contributed by atoms with Gasteiger partial charge in [-0.05, 0) is 32.0 Å². The van der Waals surface area contributed by atoms with E-state index >= 15 is 0 Å². The fraction of sp³-hybridized carbons (Fsp3) is 0.278. The fourth-order valence-corrected chi connectivity index (χ4v) is 2.51. The van der Waals surface area contributed by atoms with E-state index in [1.807, 2.05) is 56.4 Å². The van der Waals surface area contributed by atoms with Gasteiger partial charge in [0.15, 0.2) is 0 Å². The Kier molecular flexibility index (Phi) is 4.74. The van der Waals surface area contributed by atoms with E-state index in [9.17, 15) is 4.79 Å². The first-order valence-corrected chi connectivity index (χ1v) is 7.90. The molecule has 0 radical (unpaired) electrons. The maximum Gasteiger partial charge on any atom is 0.226 e. The molecule has 0 saturated heterocycles. The Labute approximate surface area is 140 Å². The Bertz CT molecular complexity index is 794. The van der Waals surface area contributed by atoms with Crippen LogP contribution in [0.3, 0.4) is 0 Å². The highest BCUT2D eigenvalue weighted by molar-refractivity contribution is 5.78. The standard InChI is InChI=1S/C18H20N4O2/c1-13(12-22-10-6-9-19-22)20-17(23)11-16-14(2)24-18(21-16)15-7-4-3-5-8-15/h3-10,13H,11-12H2,1-2H3,(H,20,23)/t13-/m0/s1. The minimum absolute atomic E-state index is 0.0156. The summed E-state index contributed by atoms with van der Waals surface area (Å²) in [4.78, 5) is 16.7. The van der Waals surface area contributed by atoms with Crippen LogP contribution in [0.4, 0.5) is 0 Å². The number of oxazole rings is 1. The predicted molar refractivity (Wildman–Crippen MR) is 90.2 cm³/mol. The van der Waals surface area contributed by atoms with E-state index in [0.29, 0.717) is 23.9 Å². The molecule has 0 aliphatic rings. The Balaban J connectivity index is 1.61. The number of nitrogens with one attached hydrogen (secondary N) is 1. The van der Waals surface area contributed by atoms with Crippen molar-refractivity contribution in [1.29, 1.82) is 0 Å². The molecule has 6 heteroatoms. The maximum absolute atomic E-state index is 12.2. The van der Waals surface area contributed by atoms with Gasteiger partial charge in [0.1, 0.15) is 5.76 Å². The molecule has 3 rings (SSSR count). The average Bonchev–Trinajstić information content (AvgIpc) is 3.18. The molecule has 1 N–H and O–H groups in total. The average molecular weight is 324 g/mol. The van der Waals surface area contributed by atoms with Crippen LogP contribution in [0.15, 0.2) is 53.2 Å². The Hall–Kier alpha value is -2.89. The maximum atomic E-state index is 12.2. The van der Waals surface area contributed by atoms with Crippen molar-refractivity contribution in [3.8, 4) is 11.5 Å². The zero-order valence-corrected chi connectivity index (χ0v) is 13.8. The van der Waals surface area contributed by atoms with Crippen molar-refractivity contribution >= 4 is 5.91 Å². The number of hydrogen-bond acceptors (Lipinski definition) is 4. The summed E-state index contributed by atoms with van der Waals surface area (Å²) in [6.07, 6.45) is 3.79. The molecule has 0 aliphatic heterocycles. The summed E-state index contributed by atoms with van der Waals surface area (Å²) in [6, 6.07) is 11.5. The molecule has 24 heavy (non-hydrogen) atoms. The summed E-state index contributed by atoms with van der Waals surface area (Å²) in [5, 5.41) is 7.10. The van der Waals surface area contributed by atoms with Gasteiger partial charge in [-0.2, -0.15) is 5.10 Å². The number of rotatable bonds is 6. The van der Waals surface area contributed by atoms with Crippen molar-refractivity contribution in [2.24, 2.45) is 0 Å². The molecule has 1 amide bonds.